The lowest BCUT2D eigenvalue weighted by molar-refractivity contribution is -0.155. The highest BCUT2D eigenvalue weighted by atomic mass is 16.5. The maximum Gasteiger partial charge on any atom is 0.317 e. The summed E-state index contributed by atoms with van der Waals surface area (Å²) in [5.41, 5.74) is 0. The van der Waals surface area contributed by atoms with Crippen LogP contribution in [-0.2, 0) is 19.1 Å². The van der Waals surface area contributed by atoms with Crippen molar-refractivity contribution in [1.82, 2.24) is 0 Å². The minimum Gasteiger partial charge on any atom is -0.481 e. The molecule has 0 aliphatic heterocycles. The van der Waals surface area contributed by atoms with Crippen molar-refractivity contribution < 1.29 is 29.3 Å². The molecule has 2 N–H and O–H groups in total. The molecule has 0 spiro atoms. The summed E-state index contributed by atoms with van der Waals surface area (Å²) in [5.74, 6) is -2.94. The molecule has 0 rings (SSSR count). The van der Waals surface area contributed by atoms with Crippen LogP contribution in [0.4, 0.5) is 0 Å². The van der Waals surface area contributed by atoms with Gasteiger partial charge in [-0.2, -0.15) is 0 Å². The third kappa shape index (κ3) is 9.10. The fraction of sp³-hybridized carbons (Fsp3) is 0.545. The third-order valence-electron chi connectivity index (χ3n) is 1.91. The highest BCUT2D eigenvalue weighted by molar-refractivity contribution is 5.90. The van der Waals surface area contributed by atoms with E-state index in [9.17, 15) is 14.4 Å². The molecule has 0 fully saturated rings. The van der Waals surface area contributed by atoms with Gasteiger partial charge >= 0.3 is 17.9 Å². The Bertz CT molecular complexity index is 307. The lowest BCUT2D eigenvalue weighted by Crippen LogP contribution is -2.19. The maximum absolute atomic E-state index is 11.0. The maximum atomic E-state index is 11.0. The van der Waals surface area contributed by atoms with E-state index in [1.165, 1.54) is 6.08 Å². The van der Waals surface area contributed by atoms with Gasteiger partial charge in [-0.25, -0.2) is 0 Å². The van der Waals surface area contributed by atoms with Gasteiger partial charge in [0.2, 0.25) is 0 Å². The average Bonchev–Trinajstić information content (AvgIpc) is 2.21. The van der Waals surface area contributed by atoms with Crippen LogP contribution < -0.4 is 0 Å². The Labute approximate surface area is 98.9 Å². The van der Waals surface area contributed by atoms with Crippen molar-refractivity contribution in [3.8, 4) is 0 Å². The van der Waals surface area contributed by atoms with E-state index >= 15 is 0 Å². The lowest BCUT2D eigenvalue weighted by Gasteiger charge is -2.13. The van der Waals surface area contributed by atoms with Crippen LogP contribution in [0.25, 0.3) is 0 Å². The predicted octanol–water partition coefficient (Wildman–Crippen LogP) is 1.20. The highest BCUT2D eigenvalue weighted by Crippen LogP contribution is 2.06. The summed E-state index contributed by atoms with van der Waals surface area (Å²) >= 11 is 0. The Kier molecular flexibility index (Phi) is 7.41. The Hall–Kier alpha value is -1.85. The molecule has 1 atom stereocenters. The zero-order valence-electron chi connectivity index (χ0n) is 9.59. The molecule has 0 saturated heterocycles. The van der Waals surface area contributed by atoms with Crippen LogP contribution >= 0.6 is 0 Å². The van der Waals surface area contributed by atoms with Crippen molar-refractivity contribution in [2.75, 3.05) is 0 Å². The first-order valence-electron chi connectivity index (χ1n) is 5.23. The second-order valence-electron chi connectivity index (χ2n) is 3.40. The standard InChI is InChI=1S/C11H16O6/c1-2-8(5-3-4-6-9(12)13)17-11(16)7-10(14)15/h3-4,8H,2,5-7H2,1H3,(H,12,13)(H,14,15). The molecular formula is C11H16O6. The molecule has 0 heterocycles. The van der Waals surface area contributed by atoms with Gasteiger partial charge in [0.15, 0.2) is 0 Å². The summed E-state index contributed by atoms with van der Waals surface area (Å²) < 4.78 is 4.90. The van der Waals surface area contributed by atoms with E-state index in [0.29, 0.717) is 12.8 Å². The van der Waals surface area contributed by atoms with Crippen LogP contribution in [-0.4, -0.2) is 34.2 Å². The SMILES string of the molecule is CCC(CC=CCC(=O)O)OC(=O)CC(=O)O. The summed E-state index contributed by atoms with van der Waals surface area (Å²) in [6, 6.07) is 0. The minimum absolute atomic E-state index is 0.0838. The van der Waals surface area contributed by atoms with E-state index in [4.69, 9.17) is 14.9 Å². The molecule has 0 aromatic carbocycles. The quantitative estimate of drug-likeness (QED) is 0.378. The van der Waals surface area contributed by atoms with Gasteiger partial charge in [0, 0.05) is 6.42 Å². The number of carboxylic acid groups (broad SMARTS) is 2. The molecule has 0 radical (unpaired) electrons. The van der Waals surface area contributed by atoms with Crippen molar-refractivity contribution in [2.45, 2.75) is 38.7 Å². The summed E-state index contributed by atoms with van der Waals surface area (Å²) in [7, 11) is 0. The molecule has 0 aromatic heterocycles. The first kappa shape index (κ1) is 15.2. The average molecular weight is 244 g/mol. The van der Waals surface area contributed by atoms with Crippen LogP contribution in [0.5, 0.6) is 0 Å². The number of carbonyl (C=O) groups is 3. The molecule has 96 valence electrons. The van der Waals surface area contributed by atoms with Crippen molar-refractivity contribution in [3.63, 3.8) is 0 Å². The molecule has 6 nitrogen and oxygen atoms in total. The van der Waals surface area contributed by atoms with Crippen molar-refractivity contribution in [1.29, 1.82) is 0 Å². The van der Waals surface area contributed by atoms with E-state index in [1.807, 2.05) is 0 Å². The number of esters is 1. The van der Waals surface area contributed by atoms with E-state index in [0.717, 1.165) is 0 Å². The molecule has 0 aliphatic rings. The number of carboxylic acids is 2. The molecule has 0 bridgehead atoms. The number of ether oxygens (including phenoxy) is 1. The number of carbonyl (C=O) groups excluding carboxylic acids is 1. The van der Waals surface area contributed by atoms with Crippen molar-refractivity contribution in [3.05, 3.63) is 12.2 Å². The topological polar surface area (TPSA) is 101 Å². The van der Waals surface area contributed by atoms with Gasteiger partial charge in [-0.3, -0.25) is 14.4 Å². The van der Waals surface area contributed by atoms with Crippen LogP contribution in [0, 0.1) is 0 Å². The van der Waals surface area contributed by atoms with E-state index in [2.05, 4.69) is 0 Å². The molecule has 0 saturated carbocycles. The molecule has 0 aliphatic carbocycles. The lowest BCUT2D eigenvalue weighted by atomic mass is 10.2. The highest BCUT2D eigenvalue weighted by Gasteiger charge is 2.14. The molecule has 1 unspecified atom stereocenters. The van der Waals surface area contributed by atoms with E-state index < -0.39 is 30.4 Å². The molecule has 0 aromatic rings. The minimum atomic E-state index is -1.23. The second kappa shape index (κ2) is 8.32. The fourth-order valence-electron chi connectivity index (χ4n) is 1.08. The number of hydrogen-bond acceptors (Lipinski definition) is 4. The van der Waals surface area contributed by atoms with Crippen LogP contribution in [0.15, 0.2) is 12.2 Å². The normalized spacial score (nSPS) is 12.3. The van der Waals surface area contributed by atoms with Gasteiger partial charge < -0.3 is 14.9 Å². The van der Waals surface area contributed by atoms with Gasteiger partial charge in [0.25, 0.3) is 0 Å². The molecular weight excluding hydrogens is 228 g/mol. The zero-order valence-corrected chi connectivity index (χ0v) is 9.59. The van der Waals surface area contributed by atoms with Gasteiger partial charge in [0.05, 0.1) is 6.42 Å². The van der Waals surface area contributed by atoms with Crippen LogP contribution in [0.3, 0.4) is 0 Å². The first-order valence-corrected chi connectivity index (χ1v) is 5.23. The Balaban J connectivity index is 3.99. The zero-order chi connectivity index (χ0) is 13.3. The molecule has 6 heteroatoms. The third-order valence-corrected chi connectivity index (χ3v) is 1.91. The van der Waals surface area contributed by atoms with E-state index in [1.54, 1.807) is 13.0 Å². The number of rotatable bonds is 8. The summed E-state index contributed by atoms with van der Waals surface area (Å²) in [4.78, 5) is 31.5. The number of aliphatic carboxylic acids is 2. The number of hydrogen-bond donors (Lipinski definition) is 2. The first-order chi connectivity index (χ1) is 7.95. The largest absolute Gasteiger partial charge is 0.481 e. The van der Waals surface area contributed by atoms with Crippen LogP contribution in [0.2, 0.25) is 0 Å². The Morgan fingerprint density at radius 3 is 2.29 bits per heavy atom. The second-order valence-corrected chi connectivity index (χ2v) is 3.40. The fourth-order valence-corrected chi connectivity index (χ4v) is 1.08. The summed E-state index contributed by atoms with van der Waals surface area (Å²) in [6.45, 7) is 1.80. The van der Waals surface area contributed by atoms with E-state index in [-0.39, 0.29) is 6.42 Å². The Morgan fingerprint density at radius 2 is 1.82 bits per heavy atom. The van der Waals surface area contributed by atoms with Gasteiger partial charge in [-0.05, 0) is 6.42 Å². The summed E-state index contributed by atoms with van der Waals surface area (Å²) in [5, 5.41) is 16.7. The van der Waals surface area contributed by atoms with Gasteiger partial charge in [-0.15, -0.1) is 0 Å². The predicted molar refractivity (Wildman–Crippen MR) is 58.4 cm³/mol. The molecule has 0 amide bonds. The Morgan fingerprint density at radius 1 is 1.18 bits per heavy atom. The monoisotopic (exact) mass is 244 g/mol. The van der Waals surface area contributed by atoms with Gasteiger partial charge in [-0.1, -0.05) is 19.1 Å². The van der Waals surface area contributed by atoms with Crippen LogP contribution in [0.1, 0.15) is 32.6 Å². The van der Waals surface area contributed by atoms with Crippen molar-refractivity contribution in [2.24, 2.45) is 0 Å². The van der Waals surface area contributed by atoms with Gasteiger partial charge in [0.1, 0.15) is 12.5 Å². The smallest absolute Gasteiger partial charge is 0.317 e. The molecule has 17 heavy (non-hydrogen) atoms. The summed E-state index contributed by atoms with van der Waals surface area (Å²) in [6.07, 6.45) is 2.85. The van der Waals surface area contributed by atoms with Crippen molar-refractivity contribution >= 4 is 17.9 Å².